The first-order valence-corrected chi connectivity index (χ1v) is 10.2. The van der Waals surface area contributed by atoms with Gasteiger partial charge in [0.15, 0.2) is 0 Å². The minimum Gasteiger partial charge on any atom is -0.493 e. The summed E-state index contributed by atoms with van der Waals surface area (Å²) in [6.45, 7) is 1.30. The monoisotopic (exact) mass is 447 g/mol. The van der Waals surface area contributed by atoms with Crippen LogP contribution in [0.2, 0.25) is 0 Å². The van der Waals surface area contributed by atoms with Crippen molar-refractivity contribution in [2.75, 3.05) is 19.7 Å². The predicted octanol–water partition coefficient (Wildman–Crippen LogP) is 4.82. The molecule has 2 aromatic carbocycles. The fourth-order valence-electron chi connectivity index (χ4n) is 3.72. The molecular formula is C23H21F4N3O2. The molecule has 0 radical (unpaired) electrons. The van der Waals surface area contributed by atoms with Gasteiger partial charge >= 0.3 is 6.18 Å². The zero-order chi connectivity index (χ0) is 22.7. The number of alkyl halides is 3. The molecule has 9 heteroatoms. The number of carbonyl (C=O) groups excluding carboxylic acids is 1. The van der Waals surface area contributed by atoms with E-state index in [1.165, 1.54) is 36.4 Å². The van der Waals surface area contributed by atoms with Gasteiger partial charge in [-0.05, 0) is 55.0 Å². The van der Waals surface area contributed by atoms with Gasteiger partial charge in [0.05, 0.1) is 17.9 Å². The molecule has 4 rings (SSSR count). The summed E-state index contributed by atoms with van der Waals surface area (Å²) in [5, 5.41) is 7.26. The van der Waals surface area contributed by atoms with Gasteiger partial charge in [-0.1, -0.05) is 6.07 Å². The number of ether oxygens (including phenoxy) is 1. The highest BCUT2D eigenvalue weighted by molar-refractivity contribution is 5.94. The van der Waals surface area contributed by atoms with Gasteiger partial charge in [0.1, 0.15) is 11.6 Å². The number of nitrogens with zero attached hydrogens (tertiary/aromatic N) is 2. The number of hydrogen-bond donors (Lipinski definition) is 1. The Morgan fingerprint density at radius 1 is 1.16 bits per heavy atom. The minimum atomic E-state index is -4.41. The number of halogens is 4. The van der Waals surface area contributed by atoms with Crippen LogP contribution in [0, 0.1) is 5.82 Å². The number of H-pyrrole nitrogens is 1. The summed E-state index contributed by atoms with van der Waals surface area (Å²) in [5.41, 5.74) is 1.32. The second kappa shape index (κ2) is 9.02. The summed E-state index contributed by atoms with van der Waals surface area (Å²) in [7, 11) is 0. The average Bonchev–Trinajstić information content (AvgIpc) is 3.43. The Kier molecular flexibility index (Phi) is 6.16. The molecular weight excluding hydrogens is 426 g/mol. The van der Waals surface area contributed by atoms with Crippen molar-refractivity contribution >= 4 is 5.91 Å². The molecule has 0 aliphatic carbocycles. The molecule has 1 atom stereocenters. The van der Waals surface area contributed by atoms with E-state index >= 15 is 0 Å². The summed E-state index contributed by atoms with van der Waals surface area (Å²) in [4.78, 5) is 14.3. The van der Waals surface area contributed by atoms with Crippen LogP contribution in [0.25, 0.3) is 0 Å². The molecule has 1 amide bonds. The number of benzene rings is 2. The van der Waals surface area contributed by atoms with Crippen LogP contribution in [0.15, 0.2) is 54.6 Å². The SMILES string of the molecule is O=C(c1ccc(F)cc1)N1CC[C@H](c2cc(CCOc3cccc(C(F)(F)F)c3)[nH]n2)C1. The third kappa shape index (κ3) is 5.09. The largest absolute Gasteiger partial charge is 0.493 e. The molecule has 5 nitrogen and oxygen atoms in total. The Morgan fingerprint density at radius 3 is 2.69 bits per heavy atom. The summed E-state index contributed by atoms with van der Waals surface area (Å²) in [5.74, 6) is -0.293. The van der Waals surface area contributed by atoms with Gasteiger partial charge in [-0.15, -0.1) is 0 Å². The maximum Gasteiger partial charge on any atom is 0.416 e. The minimum absolute atomic E-state index is 0.0776. The van der Waals surface area contributed by atoms with Crippen LogP contribution in [0.1, 0.15) is 39.6 Å². The Labute approximate surface area is 182 Å². The first-order chi connectivity index (χ1) is 15.3. The quantitative estimate of drug-likeness (QED) is 0.552. The Bertz CT molecular complexity index is 1080. The third-order valence-electron chi connectivity index (χ3n) is 5.44. The van der Waals surface area contributed by atoms with Gasteiger partial charge in [0, 0.05) is 36.7 Å². The summed E-state index contributed by atoms with van der Waals surface area (Å²) in [6, 6.07) is 12.1. The van der Waals surface area contributed by atoms with Crippen LogP contribution in [-0.4, -0.2) is 40.7 Å². The predicted molar refractivity (Wildman–Crippen MR) is 109 cm³/mol. The molecule has 3 aromatic rings. The molecule has 0 bridgehead atoms. The average molecular weight is 447 g/mol. The lowest BCUT2D eigenvalue weighted by molar-refractivity contribution is -0.137. The number of likely N-dealkylation sites (tertiary alicyclic amines) is 1. The van der Waals surface area contributed by atoms with Crippen LogP contribution in [0.3, 0.4) is 0 Å². The van der Waals surface area contributed by atoms with Crippen LogP contribution in [-0.2, 0) is 12.6 Å². The summed E-state index contributed by atoms with van der Waals surface area (Å²) in [6.07, 6.45) is -3.20. The number of amides is 1. The van der Waals surface area contributed by atoms with E-state index < -0.39 is 11.7 Å². The van der Waals surface area contributed by atoms with E-state index in [9.17, 15) is 22.4 Å². The maximum absolute atomic E-state index is 13.1. The second-order valence-corrected chi connectivity index (χ2v) is 7.69. The lowest BCUT2D eigenvalue weighted by atomic mass is 10.0. The van der Waals surface area contributed by atoms with Crippen molar-refractivity contribution in [2.24, 2.45) is 0 Å². The van der Waals surface area contributed by atoms with Crippen molar-refractivity contribution in [1.29, 1.82) is 0 Å². The van der Waals surface area contributed by atoms with Gasteiger partial charge in [-0.2, -0.15) is 18.3 Å². The molecule has 1 aliphatic rings. The second-order valence-electron chi connectivity index (χ2n) is 7.69. The van der Waals surface area contributed by atoms with Gasteiger partial charge < -0.3 is 9.64 Å². The molecule has 0 saturated carbocycles. The lowest BCUT2D eigenvalue weighted by Gasteiger charge is -2.16. The molecule has 1 saturated heterocycles. The molecule has 168 valence electrons. The molecule has 2 heterocycles. The van der Waals surface area contributed by atoms with E-state index in [-0.39, 0.29) is 30.0 Å². The number of hydrogen-bond acceptors (Lipinski definition) is 3. The Hall–Kier alpha value is -3.36. The van der Waals surface area contributed by atoms with E-state index in [1.54, 1.807) is 4.90 Å². The summed E-state index contributed by atoms with van der Waals surface area (Å²) < 4.78 is 56.9. The lowest BCUT2D eigenvalue weighted by Crippen LogP contribution is -2.28. The fraction of sp³-hybridized carbons (Fsp3) is 0.304. The van der Waals surface area contributed by atoms with E-state index in [2.05, 4.69) is 10.2 Å². The molecule has 1 aliphatic heterocycles. The highest BCUT2D eigenvalue weighted by Gasteiger charge is 2.31. The summed E-state index contributed by atoms with van der Waals surface area (Å²) >= 11 is 0. The highest BCUT2D eigenvalue weighted by atomic mass is 19.4. The van der Waals surface area contributed by atoms with Crippen molar-refractivity contribution in [3.8, 4) is 5.75 Å². The number of nitrogens with one attached hydrogen (secondary N) is 1. The van der Waals surface area contributed by atoms with Gasteiger partial charge in [0.2, 0.25) is 0 Å². The number of aromatic amines is 1. The van der Waals surface area contributed by atoms with Crippen molar-refractivity contribution in [2.45, 2.75) is 24.9 Å². The van der Waals surface area contributed by atoms with Gasteiger partial charge in [0.25, 0.3) is 5.91 Å². The first-order valence-electron chi connectivity index (χ1n) is 10.2. The van der Waals surface area contributed by atoms with Crippen LogP contribution < -0.4 is 4.74 Å². The number of aromatic nitrogens is 2. The molecule has 1 fully saturated rings. The molecule has 0 unspecified atom stereocenters. The zero-order valence-electron chi connectivity index (χ0n) is 17.0. The highest BCUT2D eigenvalue weighted by Crippen LogP contribution is 2.31. The fourth-order valence-corrected chi connectivity index (χ4v) is 3.72. The van der Waals surface area contributed by atoms with Crippen LogP contribution in [0.4, 0.5) is 17.6 Å². The van der Waals surface area contributed by atoms with E-state index in [0.29, 0.717) is 25.1 Å². The molecule has 1 aromatic heterocycles. The van der Waals surface area contributed by atoms with Gasteiger partial charge in [-0.3, -0.25) is 9.89 Å². The molecule has 1 N–H and O–H groups in total. The number of rotatable bonds is 6. The Morgan fingerprint density at radius 2 is 1.94 bits per heavy atom. The van der Waals surface area contributed by atoms with Gasteiger partial charge in [-0.25, -0.2) is 4.39 Å². The van der Waals surface area contributed by atoms with E-state index in [0.717, 1.165) is 29.9 Å². The Balaban J connectivity index is 1.30. The van der Waals surface area contributed by atoms with Crippen molar-refractivity contribution < 1.29 is 27.1 Å². The number of carbonyl (C=O) groups is 1. The van der Waals surface area contributed by atoms with Crippen LogP contribution >= 0.6 is 0 Å². The standard InChI is InChI=1S/C23H21F4N3O2/c24-18-6-4-15(5-7-18)22(31)30-10-8-16(14-30)21-13-19(28-29-21)9-11-32-20-3-1-2-17(12-20)23(25,26)27/h1-7,12-13,16H,8-11,14H2,(H,28,29)/t16-/m0/s1. The van der Waals surface area contributed by atoms with Crippen molar-refractivity contribution in [3.63, 3.8) is 0 Å². The topological polar surface area (TPSA) is 58.2 Å². The maximum atomic E-state index is 13.1. The smallest absolute Gasteiger partial charge is 0.416 e. The molecule has 32 heavy (non-hydrogen) atoms. The van der Waals surface area contributed by atoms with Crippen molar-refractivity contribution in [1.82, 2.24) is 15.1 Å². The van der Waals surface area contributed by atoms with E-state index in [1.807, 2.05) is 6.07 Å². The van der Waals surface area contributed by atoms with E-state index in [4.69, 9.17) is 4.74 Å². The molecule has 0 spiro atoms. The van der Waals surface area contributed by atoms with Crippen LogP contribution in [0.5, 0.6) is 5.75 Å². The first kappa shape index (κ1) is 21.9. The normalized spacial score (nSPS) is 16.4. The third-order valence-corrected chi connectivity index (χ3v) is 5.44. The van der Waals surface area contributed by atoms with Crippen molar-refractivity contribution in [3.05, 3.63) is 82.9 Å². The zero-order valence-corrected chi connectivity index (χ0v) is 17.0.